The first kappa shape index (κ1) is 9.55. The van der Waals surface area contributed by atoms with Crippen LogP contribution in [-0.4, -0.2) is 4.98 Å². The summed E-state index contributed by atoms with van der Waals surface area (Å²) in [5, 5.41) is 0. The van der Waals surface area contributed by atoms with Gasteiger partial charge in [0.15, 0.2) is 0 Å². The minimum absolute atomic E-state index is 0.0735. The first-order valence-corrected chi connectivity index (χ1v) is 4.89. The minimum Gasteiger partial charge on any atom is -0.271 e. The van der Waals surface area contributed by atoms with Gasteiger partial charge in [0.25, 0.3) is 0 Å². The third-order valence-electron chi connectivity index (χ3n) is 2.87. The van der Waals surface area contributed by atoms with E-state index in [2.05, 4.69) is 10.4 Å². The molecule has 4 heteroatoms. The molecule has 1 aliphatic carbocycles. The Labute approximate surface area is 82.5 Å². The van der Waals surface area contributed by atoms with E-state index < -0.39 is 0 Å². The molecule has 3 nitrogen and oxygen atoms in total. The zero-order chi connectivity index (χ0) is 9.97. The number of nitrogens with two attached hydrogens (primary N) is 1. The number of hydrazine groups is 1. The van der Waals surface area contributed by atoms with E-state index in [4.69, 9.17) is 5.84 Å². The van der Waals surface area contributed by atoms with Gasteiger partial charge in [-0.1, -0.05) is 6.42 Å². The number of nitrogens with one attached hydrogen (secondary N) is 1. The van der Waals surface area contributed by atoms with Gasteiger partial charge in [-0.15, -0.1) is 0 Å². The Kier molecular flexibility index (Phi) is 2.74. The molecule has 1 fully saturated rings. The molecule has 1 aromatic rings. The van der Waals surface area contributed by atoms with Crippen LogP contribution in [0.3, 0.4) is 0 Å². The van der Waals surface area contributed by atoms with Crippen molar-refractivity contribution >= 4 is 0 Å². The van der Waals surface area contributed by atoms with E-state index in [1.807, 2.05) is 0 Å². The second kappa shape index (κ2) is 4.02. The summed E-state index contributed by atoms with van der Waals surface area (Å²) in [5.41, 5.74) is 3.59. The molecular weight excluding hydrogens is 181 g/mol. The lowest BCUT2D eigenvalue weighted by molar-refractivity contribution is 0.228. The molecule has 2 rings (SSSR count). The Morgan fingerprint density at radius 1 is 1.50 bits per heavy atom. The van der Waals surface area contributed by atoms with Crippen LogP contribution >= 0.6 is 0 Å². The summed E-state index contributed by atoms with van der Waals surface area (Å²) >= 11 is 0. The molecule has 0 bridgehead atoms. The number of pyridine rings is 1. The second-order valence-corrected chi connectivity index (χ2v) is 3.74. The molecule has 1 saturated carbocycles. The summed E-state index contributed by atoms with van der Waals surface area (Å²) in [6.45, 7) is 0. The summed E-state index contributed by atoms with van der Waals surface area (Å²) in [4.78, 5) is 4.03. The quantitative estimate of drug-likeness (QED) is 0.568. The van der Waals surface area contributed by atoms with E-state index in [0.717, 1.165) is 5.69 Å². The first-order valence-electron chi connectivity index (χ1n) is 4.89. The molecule has 0 amide bonds. The lowest BCUT2D eigenvalue weighted by atomic mass is 9.79. The normalized spacial score (nSPS) is 19.0. The number of halogens is 1. The molecule has 1 unspecified atom stereocenters. The van der Waals surface area contributed by atoms with Gasteiger partial charge in [-0.3, -0.25) is 16.3 Å². The molecule has 1 heterocycles. The Bertz CT molecular complexity index is 295. The third kappa shape index (κ3) is 1.76. The van der Waals surface area contributed by atoms with Crippen molar-refractivity contribution in [2.24, 2.45) is 11.8 Å². The molecule has 1 atom stereocenters. The summed E-state index contributed by atoms with van der Waals surface area (Å²) in [5.74, 6) is 5.72. The van der Waals surface area contributed by atoms with Crippen LogP contribution in [0.15, 0.2) is 18.3 Å². The van der Waals surface area contributed by atoms with E-state index in [0.29, 0.717) is 5.92 Å². The topological polar surface area (TPSA) is 50.9 Å². The van der Waals surface area contributed by atoms with Crippen molar-refractivity contribution in [2.45, 2.75) is 25.3 Å². The smallest absolute Gasteiger partial charge is 0.141 e. The SMILES string of the molecule is NNC(c1ccc(F)cn1)C1CCC1. The molecular formula is C10H14FN3. The average molecular weight is 195 g/mol. The molecule has 14 heavy (non-hydrogen) atoms. The van der Waals surface area contributed by atoms with Crippen LogP contribution in [0.25, 0.3) is 0 Å². The van der Waals surface area contributed by atoms with Crippen molar-refractivity contribution in [1.82, 2.24) is 10.4 Å². The van der Waals surface area contributed by atoms with E-state index in [-0.39, 0.29) is 11.9 Å². The molecule has 0 aliphatic heterocycles. The summed E-state index contributed by atoms with van der Waals surface area (Å²) < 4.78 is 12.6. The predicted octanol–water partition coefficient (Wildman–Crippen LogP) is 1.53. The molecule has 0 aromatic carbocycles. The Morgan fingerprint density at radius 3 is 2.71 bits per heavy atom. The fourth-order valence-electron chi connectivity index (χ4n) is 1.81. The molecule has 0 spiro atoms. The average Bonchev–Trinajstić information content (AvgIpc) is 2.13. The number of hydrogen-bond acceptors (Lipinski definition) is 3. The van der Waals surface area contributed by atoms with Crippen LogP contribution in [0, 0.1) is 11.7 Å². The molecule has 0 radical (unpaired) electrons. The number of aromatic nitrogens is 1. The van der Waals surface area contributed by atoms with E-state index >= 15 is 0 Å². The lowest BCUT2D eigenvalue weighted by Gasteiger charge is -2.32. The van der Waals surface area contributed by atoms with Gasteiger partial charge in [0.1, 0.15) is 5.82 Å². The number of hydrogen-bond donors (Lipinski definition) is 2. The van der Waals surface area contributed by atoms with Gasteiger partial charge in [-0.05, 0) is 30.9 Å². The van der Waals surface area contributed by atoms with Gasteiger partial charge < -0.3 is 0 Å². The highest BCUT2D eigenvalue weighted by molar-refractivity contribution is 5.11. The van der Waals surface area contributed by atoms with Crippen molar-refractivity contribution in [3.63, 3.8) is 0 Å². The fraction of sp³-hybridized carbons (Fsp3) is 0.500. The van der Waals surface area contributed by atoms with E-state index in [9.17, 15) is 4.39 Å². The first-order chi connectivity index (χ1) is 6.81. The standard InChI is InChI=1S/C10H14FN3/c11-8-4-5-9(13-6-8)10(14-12)7-2-1-3-7/h4-7,10,14H,1-3,12H2. The number of nitrogens with zero attached hydrogens (tertiary/aromatic N) is 1. The van der Waals surface area contributed by atoms with Crippen LogP contribution < -0.4 is 11.3 Å². The maximum atomic E-state index is 12.6. The molecule has 3 N–H and O–H groups in total. The Hall–Kier alpha value is -1.00. The van der Waals surface area contributed by atoms with Crippen LogP contribution in [0.2, 0.25) is 0 Å². The number of rotatable bonds is 3. The zero-order valence-electron chi connectivity index (χ0n) is 7.91. The molecule has 1 aliphatic rings. The van der Waals surface area contributed by atoms with Gasteiger partial charge >= 0.3 is 0 Å². The van der Waals surface area contributed by atoms with Gasteiger partial charge in [-0.2, -0.15) is 0 Å². The van der Waals surface area contributed by atoms with Gasteiger partial charge in [-0.25, -0.2) is 4.39 Å². The third-order valence-corrected chi connectivity index (χ3v) is 2.87. The lowest BCUT2D eigenvalue weighted by Crippen LogP contribution is -2.36. The van der Waals surface area contributed by atoms with Gasteiger partial charge in [0.2, 0.25) is 0 Å². The van der Waals surface area contributed by atoms with Crippen LogP contribution in [0.1, 0.15) is 31.0 Å². The summed E-state index contributed by atoms with van der Waals surface area (Å²) in [7, 11) is 0. The maximum Gasteiger partial charge on any atom is 0.141 e. The Balaban J connectivity index is 2.14. The van der Waals surface area contributed by atoms with Crippen molar-refractivity contribution in [2.75, 3.05) is 0 Å². The molecule has 76 valence electrons. The molecule has 1 aromatic heterocycles. The second-order valence-electron chi connectivity index (χ2n) is 3.74. The Morgan fingerprint density at radius 2 is 2.29 bits per heavy atom. The van der Waals surface area contributed by atoms with Crippen LogP contribution in [0.5, 0.6) is 0 Å². The van der Waals surface area contributed by atoms with Crippen molar-refractivity contribution < 1.29 is 4.39 Å². The largest absolute Gasteiger partial charge is 0.271 e. The van der Waals surface area contributed by atoms with E-state index in [1.54, 1.807) is 6.07 Å². The summed E-state index contributed by atoms with van der Waals surface area (Å²) in [6.07, 6.45) is 4.84. The maximum absolute atomic E-state index is 12.6. The highest BCUT2D eigenvalue weighted by Crippen LogP contribution is 2.36. The van der Waals surface area contributed by atoms with Crippen LogP contribution in [0.4, 0.5) is 4.39 Å². The minimum atomic E-state index is -0.307. The highest BCUT2D eigenvalue weighted by atomic mass is 19.1. The highest BCUT2D eigenvalue weighted by Gasteiger charge is 2.28. The molecule has 0 saturated heterocycles. The van der Waals surface area contributed by atoms with Crippen molar-refractivity contribution in [1.29, 1.82) is 0 Å². The van der Waals surface area contributed by atoms with Crippen molar-refractivity contribution in [3.8, 4) is 0 Å². The van der Waals surface area contributed by atoms with E-state index in [1.165, 1.54) is 31.5 Å². The van der Waals surface area contributed by atoms with Gasteiger partial charge in [0, 0.05) is 0 Å². The predicted molar refractivity (Wildman–Crippen MR) is 51.6 cm³/mol. The van der Waals surface area contributed by atoms with Crippen molar-refractivity contribution in [3.05, 3.63) is 29.8 Å². The summed E-state index contributed by atoms with van der Waals surface area (Å²) in [6, 6.07) is 3.19. The zero-order valence-corrected chi connectivity index (χ0v) is 7.91. The fourth-order valence-corrected chi connectivity index (χ4v) is 1.81. The van der Waals surface area contributed by atoms with Gasteiger partial charge in [0.05, 0.1) is 17.9 Å². The van der Waals surface area contributed by atoms with Crippen LogP contribution in [-0.2, 0) is 0 Å². The monoisotopic (exact) mass is 195 g/mol.